The van der Waals surface area contributed by atoms with Crippen LogP contribution in [0.25, 0.3) is 10.2 Å². The molecule has 2 aromatic carbocycles. The predicted molar refractivity (Wildman–Crippen MR) is 105 cm³/mol. The molecule has 2 heterocycles. The summed E-state index contributed by atoms with van der Waals surface area (Å²) in [6.45, 7) is 0.399. The van der Waals surface area contributed by atoms with Crippen LogP contribution in [0.2, 0.25) is 10.0 Å². The molecule has 1 N–H and O–H groups in total. The molecule has 1 amide bonds. The fourth-order valence-corrected chi connectivity index (χ4v) is 3.68. The van der Waals surface area contributed by atoms with Crippen molar-refractivity contribution in [2.45, 2.75) is 6.54 Å². The first-order valence-corrected chi connectivity index (χ1v) is 9.34. The summed E-state index contributed by atoms with van der Waals surface area (Å²) in [5, 5.41) is 8.12. The van der Waals surface area contributed by atoms with E-state index in [1.807, 2.05) is 24.3 Å². The fourth-order valence-electron chi connectivity index (χ4n) is 2.58. The lowest BCUT2D eigenvalue weighted by atomic mass is 10.2. The number of rotatable bonds is 4. The maximum absolute atomic E-state index is 12.6. The molecule has 0 fully saturated rings. The summed E-state index contributed by atoms with van der Waals surface area (Å²) in [7, 11) is 0. The molecule has 0 saturated carbocycles. The molecule has 5 nitrogen and oxygen atoms in total. The molecule has 8 heteroatoms. The van der Waals surface area contributed by atoms with Gasteiger partial charge in [0.25, 0.3) is 5.91 Å². The molecule has 4 aromatic rings. The van der Waals surface area contributed by atoms with Crippen LogP contribution in [0.4, 0.5) is 5.82 Å². The van der Waals surface area contributed by atoms with Crippen molar-refractivity contribution in [3.8, 4) is 0 Å². The highest BCUT2D eigenvalue weighted by Gasteiger charge is 2.13. The number of carbonyl (C=O) groups is 1. The standard InChI is InChI=1S/C18H12Cl2N4OS/c19-13-3-1-2-12(17(13)20)9-24-16(6-7-22-24)23-18(25)11-4-5-14-15(8-11)26-10-21-14/h1-8,10H,9H2,(H,23,25). The number of aromatic nitrogens is 3. The Morgan fingerprint density at radius 2 is 2.08 bits per heavy atom. The summed E-state index contributed by atoms with van der Waals surface area (Å²) >= 11 is 13.8. The van der Waals surface area contributed by atoms with E-state index < -0.39 is 0 Å². The van der Waals surface area contributed by atoms with E-state index in [-0.39, 0.29) is 5.91 Å². The molecular weight excluding hydrogens is 391 g/mol. The summed E-state index contributed by atoms with van der Waals surface area (Å²) in [4.78, 5) is 16.8. The minimum absolute atomic E-state index is 0.209. The SMILES string of the molecule is O=C(Nc1ccnn1Cc1cccc(Cl)c1Cl)c1ccc2ncsc2c1. The third-order valence-corrected chi connectivity index (χ3v) is 5.55. The number of anilines is 1. The van der Waals surface area contributed by atoms with Gasteiger partial charge in [-0.2, -0.15) is 5.10 Å². The topological polar surface area (TPSA) is 59.8 Å². The average molecular weight is 403 g/mol. The number of hydrogen-bond donors (Lipinski definition) is 1. The van der Waals surface area contributed by atoms with Crippen LogP contribution in [-0.4, -0.2) is 20.7 Å². The third-order valence-electron chi connectivity index (χ3n) is 3.90. The Morgan fingerprint density at radius 3 is 2.96 bits per heavy atom. The van der Waals surface area contributed by atoms with Gasteiger partial charge in [0.15, 0.2) is 0 Å². The van der Waals surface area contributed by atoms with Crippen molar-refractivity contribution in [2.24, 2.45) is 0 Å². The number of thiazole rings is 1. The molecule has 0 aliphatic carbocycles. The second-order valence-corrected chi connectivity index (χ2v) is 7.25. The van der Waals surface area contributed by atoms with E-state index in [4.69, 9.17) is 23.2 Å². The van der Waals surface area contributed by atoms with Crippen LogP contribution in [0.1, 0.15) is 15.9 Å². The van der Waals surface area contributed by atoms with Crippen LogP contribution in [0.5, 0.6) is 0 Å². The van der Waals surface area contributed by atoms with Crippen LogP contribution >= 0.6 is 34.5 Å². The van der Waals surface area contributed by atoms with E-state index in [9.17, 15) is 4.79 Å². The van der Waals surface area contributed by atoms with E-state index in [1.165, 1.54) is 11.3 Å². The Hall–Kier alpha value is -2.41. The Kier molecular flexibility index (Phi) is 4.63. The van der Waals surface area contributed by atoms with E-state index >= 15 is 0 Å². The Balaban J connectivity index is 1.56. The van der Waals surface area contributed by atoms with Crippen molar-refractivity contribution in [2.75, 3.05) is 5.32 Å². The Labute approximate surface area is 163 Å². The second kappa shape index (κ2) is 7.07. The summed E-state index contributed by atoms with van der Waals surface area (Å²) in [5.74, 6) is 0.370. The van der Waals surface area contributed by atoms with Gasteiger partial charge in [0.05, 0.1) is 38.5 Å². The zero-order chi connectivity index (χ0) is 18.1. The minimum atomic E-state index is -0.209. The van der Waals surface area contributed by atoms with Crippen molar-refractivity contribution >= 4 is 56.5 Å². The zero-order valence-corrected chi connectivity index (χ0v) is 15.6. The lowest BCUT2D eigenvalue weighted by Gasteiger charge is -2.11. The molecule has 0 spiro atoms. The van der Waals surface area contributed by atoms with Gasteiger partial charge in [-0.05, 0) is 29.8 Å². The molecule has 26 heavy (non-hydrogen) atoms. The monoisotopic (exact) mass is 402 g/mol. The molecule has 4 rings (SSSR count). The number of amides is 1. The largest absolute Gasteiger partial charge is 0.307 e. The van der Waals surface area contributed by atoms with E-state index in [0.29, 0.717) is 28.0 Å². The van der Waals surface area contributed by atoms with E-state index in [0.717, 1.165) is 15.8 Å². The van der Waals surface area contributed by atoms with Gasteiger partial charge in [-0.15, -0.1) is 11.3 Å². The maximum atomic E-state index is 12.6. The van der Waals surface area contributed by atoms with E-state index in [1.54, 1.807) is 34.6 Å². The molecule has 0 bridgehead atoms. The lowest BCUT2D eigenvalue weighted by molar-refractivity contribution is 0.102. The van der Waals surface area contributed by atoms with Crippen LogP contribution in [0, 0.1) is 0 Å². The lowest BCUT2D eigenvalue weighted by Crippen LogP contribution is -2.16. The number of fused-ring (bicyclic) bond motifs is 1. The van der Waals surface area contributed by atoms with Gasteiger partial charge in [0.1, 0.15) is 5.82 Å². The smallest absolute Gasteiger partial charge is 0.256 e. The first-order chi connectivity index (χ1) is 12.6. The maximum Gasteiger partial charge on any atom is 0.256 e. The molecule has 0 unspecified atom stereocenters. The predicted octanol–water partition coefficient (Wildman–Crippen LogP) is 5.10. The minimum Gasteiger partial charge on any atom is -0.307 e. The molecule has 0 aliphatic rings. The molecule has 0 radical (unpaired) electrons. The number of carbonyl (C=O) groups excluding carboxylic acids is 1. The van der Waals surface area contributed by atoms with Crippen LogP contribution in [0.3, 0.4) is 0 Å². The highest BCUT2D eigenvalue weighted by molar-refractivity contribution is 7.16. The number of nitrogens with zero attached hydrogens (tertiary/aromatic N) is 3. The summed E-state index contributed by atoms with van der Waals surface area (Å²) in [5.41, 5.74) is 4.03. The highest BCUT2D eigenvalue weighted by atomic mass is 35.5. The summed E-state index contributed by atoms with van der Waals surface area (Å²) < 4.78 is 2.64. The molecule has 130 valence electrons. The van der Waals surface area contributed by atoms with Gasteiger partial charge in [-0.25, -0.2) is 9.67 Å². The Bertz CT molecular complexity index is 1110. The molecular formula is C18H12Cl2N4OS. The number of nitrogens with one attached hydrogen (secondary N) is 1. The van der Waals surface area contributed by atoms with Gasteiger partial charge in [0, 0.05) is 11.6 Å². The van der Waals surface area contributed by atoms with Gasteiger partial charge in [-0.3, -0.25) is 4.79 Å². The summed E-state index contributed by atoms with van der Waals surface area (Å²) in [6.07, 6.45) is 1.63. The molecule has 0 saturated heterocycles. The van der Waals surface area contributed by atoms with Crippen LogP contribution < -0.4 is 5.32 Å². The van der Waals surface area contributed by atoms with Gasteiger partial charge in [0.2, 0.25) is 0 Å². The average Bonchev–Trinajstić information content (AvgIpc) is 3.27. The number of benzene rings is 2. The van der Waals surface area contributed by atoms with Gasteiger partial charge >= 0.3 is 0 Å². The van der Waals surface area contributed by atoms with Gasteiger partial charge in [-0.1, -0.05) is 35.3 Å². The van der Waals surface area contributed by atoms with Crippen molar-refractivity contribution in [1.29, 1.82) is 0 Å². The quantitative estimate of drug-likeness (QED) is 0.516. The first kappa shape index (κ1) is 17.0. The van der Waals surface area contributed by atoms with Crippen molar-refractivity contribution in [1.82, 2.24) is 14.8 Å². The van der Waals surface area contributed by atoms with Crippen molar-refractivity contribution < 1.29 is 4.79 Å². The van der Waals surface area contributed by atoms with Crippen molar-refractivity contribution in [3.63, 3.8) is 0 Å². The number of halogens is 2. The van der Waals surface area contributed by atoms with Crippen LogP contribution in [-0.2, 0) is 6.54 Å². The highest BCUT2D eigenvalue weighted by Crippen LogP contribution is 2.27. The number of hydrogen-bond acceptors (Lipinski definition) is 4. The zero-order valence-electron chi connectivity index (χ0n) is 13.3. The summed E-state index contributed by atoms with van der Waals surface area (Å²) in [6, 6.07) is 12.6. The van der Waals surface area contributed by atoms with E-state index in [2.05, 4.69) is 15.4 Å². The fraction of sp³-hybridized carbons (Fsp3) is 0.0556. The van der Waals surface area contributed by atoms with Gasteiger partial charge < -0.3 is 5.32 Å². The third kappa shape index (κ3) is 3.31. The molecule has 0 atom stereocenters. The van der Waals surface area contributed by atoms with Crippen molar-refractivity contribution in [3.05, 3.63) is 75.3 Å². The molecule has 0 aliphatic heterocycles. The Morgan fingerprint density at radius 1 is 1.19 bits per heavy atom. The second-order valence-electron chi connectivity index (χ2n) is 5.58. The normalized spacial score (nSPS) is 11.0. The first-order valence-electron chi connectivity index (χ1n) is 7.71. The van der Waals surface area contributed by atoms with Crippen LogP contribution in [0.15, 0.2) is 54.2 Å². The molecule has 2 aromatic heterocycles.